The lowest BCUT2D eigenvalue weighted by Crippen LogP contribution is -2.44. The van der Waals surface area contributed by atoms with Gasteiger partial charge < -0.3 is 14.8 Å². The fourth-order valence-corrected chi connectivity index (χ4v) is 3.81. The summed E-state index contributed by atoms with van der Waals surface area (Å²) >= 11 is 1.68. The third-order valence-corrected chi connectivity index (χ3v) is 5.27. The summed E-state index contributed by atoms with van der Waals surface area (Å²) in [7, 11) is 0. The van der Waals surface area contributed by atoms with E-state index in [4.69, 9.17) is 0 Å². The Bertz CT molecular complexity index is 648. The van der Waals surface area contributed by atoms with Crippen LogP contribution < -0.4 is 5.32 Å². The number of aryl methyl sites for hydroxylation is 2. The first-order valence-electron chi connectivity index (χ1n) is 7.69. The van der Waals surface area contributed by atoms with Gasteiger partial charge in [0.2, 0.25) is 0 Å². The number of imidazole rings is 1. The van der Waals surface area contributed by atoms with Crippen LogP contribution in [0.25, 0.3) is 0 Å². The maximum absolute atomic E-state index is 12.5. The molecule has 0 radical (unpaired) electrons. The van der Waals surface area contributed by atoms with Crippen molar-refractivity contribution in [1.29, 1.82) is 0 Å². The van der Waals surface area contributed by atoms with E-state index in [0.717, 1.165) is 31.8 Å². The standard InChI is InChI=1S/C16H22N4OS/c1-12-10-22-11-14(12)8-18-16(21)20-6-3-4-15(20)9-19-7-5-17-13(19)2/h5,7,10-11,15H,3-4,6,8-9H2,1-2H3,(H,18,21). The van der Waals surface area contributed by atoms with Crippen molar-refractivity contribution in [3.63, 3.8) is 0 Å². The van der Waals surface area contributed by atoms with Crippen LogP contribution in [0.4, 0.5) is 4.79 Å². The van der Waals surface area contributed by atoms with E-state index in [9.17, 15) is 4.79 Å². The van der Waals surface area contributed by atoms with Gasteiger partial charge in [0.1, 0.15) is 5.82 Å². The van der Waals surface area contributed by atoms with Crippen LogP contribution in [0.3, 0.4) is 0 Å². The summed E-state index contributed by atoms with van der Waals surface area (Å²) in [5, 5.41) is 7.28. The van der Waals surface area contributed by atoms with Crippen LogP contribution in [-0.4, -0.2) is 33.1 Å². The molecule has 1 aliphatic heterocycles. The Morgan fingerprint density at radius 3 is 3.00 bits per heavy atom. The third-order valence-electron chi connectivity index (χ3n) is 4.36. The van der Waals surface area contributed by atoms with Crippen molar-refractivity contribution in [1.82, 2.24) is 19.8 Å². The summed E-state index contributed by atoms with van der Waals surface area (Å²) in [6.07, 6.45) is 5.93. The van der Waals surface area contributed by atoms with Gasteiger partial charge in [-0.15, -0.1) is 0 Å². The Morgan fingerprint density at radius 1 is 1.45 bits per heavy atom. The Balaban J connectivity index is 1.59. The molecule has 1 saturated heterocycles. The first-order chi connectivity index (χ1) is 10.6. The Kier molecular flexibility index (Phi) is 4.47. The van der Waals surface area contributed by atoms with Gasteiger partial charge in [0, 0.05) is 32.0 Å². The number of nitrogens with one attached hydrogen (secondary N) is 1. The summed E-state index contributed by atoms with van der Waals surface area (Å²) in [5.74, 6) is 1.00. The van der Waals surface area contributed by atoms with E-state index >= 15 is 0 Å². The zero-order chi connectivity index (χ0) is 15.5. The fraction of sp³-hybridized carbons (Fsp3) is 0.500. The summed E-state index contributed by atoms with van der Waals surface area (Å²) < 4.78 is 2.12. The van der Waals surface area contributed by atoms with Gasteiger partial charge in [0.25, 0.3) is 0 Å². The van der Waals surface area contributed by atoms with Crippen LogP contribution in [0, 0.1) is 13.8 Å². The van der Waals surface area contributed by atoms with Crippen LogP contribution in [0.5, 0.6) is 0 Å². The molecule has 2 aromatic rings. The number of carbonyl (C=O) groups excluding carboxylic acids is 1. The van der Waals surface area contributed by atoms with Gasteiger partial charge in [-0.2, -0.15) is 11.3 Å². The summed E-state index contributed by atoms with van der Waals surface area (Å²) in [5.41, 5.74) is 2.46. The largest absolute Gasteiger partial charge is 0.334 e. The normalized spacial score (nSPS) is 17.9. The molecular weight excluding hydrogens is 296 g/mol. The number of likely N-dealkylation sites (tertiary alicyclic amines) is 1. The molecule has 118 valence electrons. The average Bonchev–Trinajstić information content (AvgIpc) is 3.21. The van der Waals surface area contributed by atoms with Gasteiger partial charge in [-0.3, -0.25) is 0 Å². The smallest absolute Gasteiger partial charge is 0.317 e. The second-order valence-corrected chi connectivity index (χ2v) is 6.60. The van der Waals surface area contributed by atoms with Crippen molar-refractivity contribution < 1.29 is 4.79 Å². The SMILES string of the molecule is Cc1cscc1CNC(=O)N1CCCC1Cn1ccnc1C. The maximum atomic E-state index is 12.5. The number of carbonyl (C=O) groups is 1. The summed E-state index contributed by atoms with van der Waals surface area (Å²) in [4.78, 5) is 18.7. The quantitative estimate of drug-likeness (QED) is 0.942. The van der Waals surface area contributed by atoms with Crippen molar-refractivity contribution in [3.05, 3.63) is 40.1 Å². The van der Waals surface area contributed by atoms with Gasteiger partial charge >= 0.3 is 6.03 Å². The van der Waals surface area contributed by atoms with Crippen molar-refractivity contribution in [2.45, 2.75) is 45.8 Å². The molecule has 1 fully saturated rings. The molecule has 2 aromatic heterocycles. The Hall–Kier alpha value is -1.82. The van der Waals surface area contributed by atoms with Crippen molar-refractivity contribution in [3.8, 4) is 0 Å². The number of hydrogen-bond donors (Lipinski definition) is 1. The number of aromatic nitrogens is 2. The lowest BCUT2D eigenvalue weighted by Gasteiger charge is -2.25. The maximum Gasteiger partial charge on any atom is 0.317 e. The molecular formula is C16H22N4OS. The molecule has 1 atom stereocenters. The Labute approximate surface area is 135 Å². The van der Waals surface area contributed by atoms with Gasteiger partial charge in [0.05, 0.1) is 6.04 Å². The highest BCUT2D eigenvalue weighted by molar-refractivity contribution is 7.08. The number of hydrogen-bond acceptors (Lipinski definition) is 3. The molecule has 0 spiro atoms. The topological polar surface area (TPSA) is 50.2 Å². The minimum atomic E-state index is 0.0471. The van der Waals surface area contributed by atoms with Crippen molar-refractivity contribution in [2.75, 3.05) is 6.54 Å². The molecule has 1 N–H and O–H groups in total. The van der Waals surface area contributed by atoms with Gasteiger partial charge in [-0.05, 0) is 48.6 Å². The minimum Gasteiger partial charge on any atom is -0.334 e. The predicted octanol–water partition coefficient (Wildman–Crippen LogP) is 2.94. The Morgan fingerprint density at radius 2 is 2.32 bits per heavy atom. The van der Waals surface area contributed by atoms with Gasteiger partial charge in [-0.1, -0.05) is 0 Å². The fourth-order valence-electron chi connectivity index (χ4n) is 2.96. The molecule has 22 heavy (non-hydrogen) atoms. The molecule has 3 rings (SSSR count). The number of amides is 2. The van der Waals surface area contributed by atoms with Crippen LogP contribution in [0.15, 0.2) is 23.2 Å². The molecule has 0 aliphatic carbocycles. The monoisotopic (exact) mass is 318 g/mol. The minimum absolute atomic E-state index is 0.0471. The molecule has 0 aromatic carbocycles. The lowest BCUT2D eigenvalue weighted by atomic mass is 10.2. The third kappa shape index (κ3) is 3.16. The first-order valence-corrected chi connectivity index (χ1v) is 8.63. The highest BCUT2D eigenvalue weighted by Crippen LogP contribution is 2.20. The first kappa shape index (κ1) is 15.1. The molecule has 0 saturated carbocycles. The number of urea groups is 1. The van der Waals surface area contributed by atoms with E-state index in [1.54, 1.807) is 11.3 Å². The van der Waals surface area contributed by atoms with Crippen LogP contribution in [-0.2, 0) is 13.1 Å². The molecule has 1 aliphatic rings. The van der Waals surface area contributed by atoms with E-state index in [-0.39, 0.29) is 12.1 Å². The van der Waals surface area contributed by atoms with Crippen LogP contribution in [0.1, 0.15) is 29.8 Å². The molecule has 3 heterocycles. The number of thiophene rings is 1. The van der Waals surface area contributed by atoms with Crippen LogP contribution in [0.2, 0.25) is 0 Å². The zero-order valence-electron chi connectivity index (χ0n) is 13.1. The number of rotatable bonds is 4. The summed E-state index contributed by atoms with van der Waals surface area (Å²) in [6, 6.07) is 0.308. The molecule has 5 nitrogen and oxygen atoms in total. The second kappa shape index (κ2) is 6.52. The highest BCUT2D eigenvalue weighted by Gasteiger charge is 2.29. The van der Waals surface area contributed by atoms with Crippen molar-refractivity contribution >= 4 is 17.4 Å². The van der Waals surface area contributed by atoms with Crippen LogP contribution >= 0.6 is 11.3 Å². The van der Waals surface area contributed by atoms with Gasteiger partial charge in [0.15, 0.2) is 0 Å². The molecule has 0 bridgehead atoms. The molecule has 6 heteroatoms. The van der Waals surface area contributed by atoms with Crippen molar-refractivity contribution in [2.24, 2.45) is 0 Å². The predicted molar refractivity (Wildman–Crippen MR) is 88.0 cm³/mol. The van der Waals surface area contributed by atoms with E-state index in [1.807, 2.05) is 24.2 Å². The van der Waals surface area contributed by atoms with E-state index in [0.29, 0.717) is 6.54 Å². The van der Waals surface area contributed by atoms with Gasteiger partial charge in [-0.25, -0.2) is 9.78 Å². The average molecular weight is 318 g/mol. The second-order valence-electron chi connectivity index (χ2n) is 5.86. The highest BCUT2D eigenvalue weighted by atomic mass is 32.1. The zero-order valence-corrected chi connectivity index (χ0v) is 13.9. The molecule has 2 amide bonds. The lowest BCUT2D eigenvalue weighted by molar-refractivity contribution is 0.186. The van der Waals surface area contributed by atoms with E-state index < -0.39 is 0 Å². The molecule has 1 unspecified atom stereocenters. The summed E-state index contributed by atoms with van der Waals surface area (Å²) in [6.45, 7) is 6.36. The van der Waals surface area contributed by atoms with E-state index in [2.05, 4.69) is 32.6 Å². The number of nitrogens with zero attached hydrogens (tertiary/aromatic N) is 3. The van der Waals surface area contributed by atoms with E-state index in [1.165, 1.54) is 11.1 Å².